The van der Waals surface area contributed by atoms with E-state index in [1.54, 1.807) is 36.4 Å². The van der Waals surface area contributed by atoms with Crippen LogP contribution in [0.1, 0.15) is 83.7 Å². The van der Waals surface area contributed by atoms with Gasteiger partial charge >= 0.3 is 0 Å². The zero-order chi connectivity index (χ0) is 22.7. The number of allylic oxidation sites excluding steroid dienone is 3. The zero-order valence-corrected chi connectivity index (χ0v) is 17.8. The predicted octanol–water partition coefficient (Wildman–Crippen LogP) is 3.97. The first-order valence-corrected chi connectivity index (χ1v) is 11.4. The Labute approximate surface area is 189 Å². The lowest BCUT2D eigenvalue weighted by Crippen LogP contribution is -2.59. The number of aliphatic hydroxyl groups is 1. The van der Waals surface area contributed by atoms with Crippen LogP contribution in [0.25, 0.3) is 0 Å². The van der Waals surface area contributed by atoms with Gasteiger partial charge in [-0.15, -0.1) is 0 Å². The SMILES string of the molecule is O=C1C=CC(=O)c2cc3c(cc21)[C@H]1C[C@@H]3C23CC(CO)=CCC12C(=O)c1ccccc1C3=O. The molecule has 1 fully saturated rings. The first-order chi connectivity index (χ1) is 15.9. The molecule has 4 atom stereocenters. The summed E-state index contributed by atoms with van der Waals surface area (Å²) in [6, 6.07) is 10.7. The van der Waals surface area contributed by atoms with Crippen LogP contribution in [-0.4, -0.2) is 34.8 Å². The second-order valence-corrected chi connectivity index (χ2v) is 9.98. The van der Waals surface area contributed by atoms with Crippen molar-refractivity contribution < 1.29 is 24.3 Å². The summed E-state index contributed by atoms with van der Waals surface area (Å²) in [5, 5.41) is 9.98. The van der Waals surface area contributed by atoms with Crippen LogP contribution in [0.3, 0.4) is 0 Å². The van der Waals surface area contributed by atoms with Crippen molar-refractivity contribution in [3.8, 4) is 0 Å². The van der Waals surface area contributed by atoms with Gasteiger partial charge in [0, 0.05) is 22.3 Å². The van der Waals surface area contributed by atoms with E-state index < -0.39 is 10.8 Å². The van der Waals surface area contributed by atoms with Crippen molar-refractivity contribution in [3.05, 3.63) is 93.6 Å². The van der Waals surface area contributed by atoms with Gasteiger partial charge in [0.05, 0.1) is 17.4 Å². The molecule has 5 heteroatoms. The number of benzene rings is 2. The molecule has 0 aliphatic heterocycles. The van der Waals surface area contributed by atoms with Crippen molar-refractivity contribution in [2.75, 3.05) is 6.61 Å². The fourth-order valence-electron chi connectivity index (χ4n) is 7.74. The minimum atomic E-state index is -0.977. The highest BCUT2D eigenvalue weighted by atomic mass is 16.3. The van der Waals surface area contributed by atoms with E-state index in [1.165, 1.54) is 12.2 Å². The van der Waals surface area contributed by atoms with E-state index in [-0.39, 0.29) is 41.6 Å². The van der Waals surface area contributed by atoms with Crippen LogP contribution in [0.5, 0.6) is 0 Å². The third-order valence-corrected chi connectivity index (χ3v) is 9.00. The van der Waals surface area contributed by atoms with E-state index >= 15 is 0 Å². The maximum Gasteiger partial charge on any atom is 0.186 e. The lowest BCUT2D eigenvalue weighted by molar-refractivity contribution is 0.0179. The number of hydrogen-bond donors (Lipinski definition) is 1. The minimum Gasteiger partial charge on any atom is -0.392 e. The van der Waals surface area contributed by atoms with Gasteiger partial charge in [0.15, 0.2) is 23.1 Å². The summed E-state index contributed by atoms with van der Waals surface area (Å²) in [7, 11) is 0. The Morgan fingerprint density at radius 2 is 1.33 bits per heavy atom. The number of carbonyl (C=O) groups excluding carboxylic acids is 4. The Hall–Kier alpha value is -3.44. The molecule has 5 aliphatic rings. The smallest absolute Gasteiger partial charge is 0.186 e. The Balaban J connectivity index is 1.54. The average Bonchev–Trinajstić information content (AvgIpc) is 3.38. The van der Waals surface area contributed by atoms with Crippen LogP contribution in [0.4, 0.5) is 0 Å². The van der Waals surface area contributed by atoms with Gasteiger partial charge in [0.1, 0.15) is 0 Å². The van der Waals surface area contributed by atoms with Crippen LogP contribution in [0.2, 0.25) is 0 Å². The Kier molecular flexibility index (Phi) is 3.42. The van der Waals surface area contributed by atoms with Crippen LogP contribution >= 0.6 is 0 Å². The van der Waals surface area contributed by atoms with E-state index in [1.807, 2.05) is 6.08 Å². The third-order valence-electron chi connectivity index (χ3n) is 9.00. The van der Waals surface area contributed by atoms with Gasteiger partial charge in [0.2, 0.25) is 0 Å². The number of fused-ring (bicyclic) bond motifs is 7. The van der Waals surface area contributed by atoms with Gasteiger partial charge in [-0.3, -0.25) is 19.2 Å². The fraction of sp³-hybridized carbons (Fsp3) is 0.286. The summed E-state index contributed by atoms with van der Waals surface area (Å²) in [5.74, 6) is -0.912. The van der Waals surface area contributed by atoms with Crippen molar-refractivity contribution in [1.82, 2.24) is 0 Å². The molecule has 2 unspecified atom stereocenters. The molecule has 0 spiro atoms. The molecule has 5 aliphatic carbocycles. The zero-order valence-electron chi connectivity index (χ0n) is 17.8. The van der Waals surface area contributed by atoms with Gasteiger partial charge in [-0.1, -0.05) is 30.3 Å². The Morgan fingerprint density at radius 3 is 1.91 bits per heavy atom. The molecule has 1 saturated carbocycles. The molecule has 1 N–H and O–H groups in total. The molecular weight excluding hydrogens is 416 g/mol. The highest BCUT2D eigenvalue weighted by molar-refractivity contribution is 6.23. The average molecular weight is 436 g/mol. The monoisotopic (exact) mass is 436 g/mol. The lowest BCUT2D eigenvalue weighted by Gasteiger charge is -2.56. The Bertz CT molecular complexity index is 1430. The van der Waals surface area contributed by atoms with Gasteiger partial charge in [-0.25, -0.2) is 0 Å². The normalized spacial score (nSPS) is 32.7. The highest BCUT2D eigenvalue weighted by Crippen LogP contribution is 2.78. The molecule has 2 aromatic rings. The van der Waals surface area contributed by atoms with Gasteiger partial charge in [-0.05, 0) is 72.1 Å². The fourth-order valence-corrected chi connectivity index (χ4v) is 7.74. The summed E-state index contributed by atoms with van der Waals surface area (Å²) in [6.07, 6.45) is 5.90. The molecule has 162 valence electrons. The van der Waals surface area contributed by atoms with Crippen molar-refractivity contribution >= 4 is 23.1 Å². The van der Waals surface area contributed by atoms with Crippen molar-refractivity contribution in [2.45, 2.75) is 31.1 Å². The van der Waals surface area contributed by atoms with Crippen molar-refractivity contribution in [1.29, 1.82) is 0 Å². The molecule has 0 aromatic heterocycles. The van der Waals surface area contributed by atoms with Crippen LogP contribution in [-0.2, 0) is 0 Å². The van der Waals surface area contributed by atoms with Crippen LogP contribution in [0, 0.1) is 10.8 Å². The number of aliphatic hydroxyl groups excluding tert-OH is 1. The molecule has 0 radical (unpaired) electrons. The van der Waals surface area contributed by atoms with E-state index in [2.05, 4.69) is 0 Å². The van der Waals surface area contributed by atoms with Crippen molar-refractivity contribution in [2.24, 2.45) is 10.8 Å². The molecule has 0 heterocycles. The van der Waals surface area contributed by atoms with E-state index in [0.717, 1.165) is 16.7 Å². The molecule has 0 saturated heterocycles. The predicted molar refractivity (Wildman–Crippen MR) is 119 cm³/mol. The first-order valence-electron chi connectivity index (χ1n) is 11.4. The van der Waals surface area contributed by atoms with Gasteiger partial charge < -0.3 is 5.11 Å². The molecule has 0 amide bonds. The molecular formula is C28H20O5. The molecule has 5 nitrogen and oxygen atoms in total. The highest BCUT2D eigenvalue weighted by Gasteiger charge is 2.77. The summed E-state index contributed by atoms with van der Waals surface area (Å²) < 4.78 is 0. The summed E-state index contributed by atoms with van der Waals surface area (Å²) in [5.41, 5.74) is 2.39. The maximum absolute atomic E-state index is 14.3. The van der Waals surface area contributed by atoms with E-state index in [0.29, 0.717) is 41.5 Å². The quantitative estimate of drug-likeness (QED) is 0.684. The largest absolute Gasteiger partial charge is 0.392 e. The molecule has 2 bridgehead atoms. The first kappa shape index (κ1) is 19.1. The molecule has 33 heavy (non-hydrogen) atoms. The topological polar surface area (TPSA) is 88.5 Å². The summed E-state index contributed by atoms with van der Waals surface area (Å²) in [6.45, 7) is -0.146. The number of carbonyl (C=O) groups is 4. The third kappa shape index (κ3) is 1.92. The van der Waals surface area contributed by atoms with Gasteiger partial charge in [0.25, 0.3) is 0 Å². The molecule has 7 rings (SSSR count). The van der Waals surface area contributed by atoms with Crippen LogP contribution in [0.15, 0.2) is 60.2 Å². The van der Waals surface area contributed by atoms with E-state index in [4.69, 9.17) is 0 Å². The van der Waals surface area contributed by atoms with Crippen molar-refractivity contribution in [3.63, 3.8) is 0 Å². The standard InChI is InChI=1S/C28H20O5/c29-13-14-7-8-27-21-11-22(18-10-20-19(9-17(18)21)23(30)5-6-24(20)31)28(27,12-14)26(33)16-4-2-1-3-15(16)25(27)32/h1-7,9-10,21-22,29H,8,11-13H2/t21-,22+,27?,28?/m1/s1. The maximum atomic E-state index is 14.3. The summed E-state index contributed by atoms with van der Waals surface area (Å²) >= 11 is 0. The van der Waals surface area contributed by atoms with Crippen LogP contribution < -0.4 is 0 Å². The number of ketones is 4. The Morgan fingerprint density at radius 1 is 0.788 bits per heavy atom. The second-order valence-electron chi connectivity index (χ2n) is 9.98. The molecule has 2 aromatic carbocycles. The lowest BCUT2D eigenvalue weighted by atomic mass is 9.43. The van der Waals surface area contributed by atoms with Gasteiger partial charge in [-0.2, -0.15) is 0 Å². The summed E-state index contributed by atoms with van der Waals surface area (Å²) in [4.78, 5) is 53.6. The number of Topliss-reactive ketones (excluding diaryl/α,β-unsaturated/α-hetero) is 2. The number of rotatable bonds is 1. The minimum absolute atomic E-state index is 0.0101. The van der Waals surface area contributed by atoms with E-state index in [9.17, 15) is 24.3 Å². The number of hydrogen-bond acceptors (Lipinski definition) is 5. The second kappa shape index (κ2) is 5.91.